The number of rotatable bonds is 5. The van der Waals surface area contributed by atoms with Gasteiger partial charge in [0, 0.05) is 25.0 Å². The highest BCUT2D eigenvalue weighted by Crippen LogP contribution is 2.47. The van der Waals surface area contributed by atoms with Crippen molar-refractivity contribution in [2.45, 2.75) is 44.6 Å². The van der Waals surface area contributed by atoms with E-state index in [4.69, 9.17) is 0 Å². The second-order valence-electron chi connectivity index (χ2n) is 5.53. The van der Waals surface area contributed by atoms with Crippen LogP contribution in [-0.2, 0) is 5.41 Å². The van der Waals surface area contributed by atoms with Crippen molar-refractivity contribution in [3.05, 3.63) is 35.9 Å². The van der Waals surface area contributed by atoms with E-state index in [1.807, 2.05) is 7.05 Å². The van der Waals surface area contributed by atoms with Gasteiger partial charge >= 0.3 is 0 Å². The molecule has 2 rings (SSSR count). The van der Waals surface area contributed by atoms with Crippen molar-refractivity contribution in [2.75, 3.05) is 13.6 Å². The van der Waals surface area contributed by atoms with Crippen LogP contribution in [0.25, 0.3) is 0 Å². The third-order valence-corrected chi connectivity index (χ3v) is 4.05. The normalized spacial score (nSPS) is 18.8. The number of hydrogen-bond acceptors (Lipinski definition) is 1. The van der Waals surface area contributed by atoms with Crippen molar-refractivity contribution < 1.29 is 0 Å². The molecule has 1 atom stereocenters. The molecule has 1 fully saturated rings. The largest absolute Gasteiger partial charge is 0.356 e. The van der Waals surface area contributed by atoms with Gasteiger partial charge in [-0.15, -0.1) is 0 Å². The molecule has 0 spiro atoms. The fourth-order valence-corrected chi connectivity index (χ4v) is 2.29. The molecule has 0 saturated heterocycles. The minimum absolute atomic E-state index is 0.328. The van der Waals surface area contributed by atoms with Crippen molar-refractivity contribution in [1.29, 1.82) is 0 Å². The predicted molar refractivity (Wildman–Crippen MR) is 81.6 cm³/mol. The number of nitrogens with one attached hydrogen (secondary N) is 2. The molecule has 0 aromatic heterocycles. The molecular weight excluding hydrogens is 234 g/mol. The summed E-state index contributed by atoms with van der Waals surface area (Å²) in [5.41, 5.74) is 1.77. The Labute approximate surface area is 116 Å². The van der Waals surface area contributed by atoms with Gasteiger partial charge in [-0.25, -0.2) is 0 Å². The summed E-state index contributed by atoms with van der Waals surface area (Å²) in [6, 6.07) is 11.3. The van der Waals surface area contributed by atoms with Crippen LogP contribution >= 0.6 is 0 Å². The zero-order valence-electron chi connectivity index (χ0n) is 12.2. The first-order chi connectivity index (χ1) is 9.20. The Bertz CT molecular complexity index is 421. The Morgan fingerprint density at radius 3 is 2.53 bits per heavy atom. The van der Waals surface area contributed by atoms with Crippen LogP contribution in [0.2, 0.25) is 0 Å². The van der Waals surface area contributed by atoms with Crippen LogP contribution in [0.3, 0.4) is 0 Å². The van der Waals surface area contributed by atoms with E-state index in [1.165, 1.54) is 18.4 Å². The van der Waals surface area contributed by atoms with Crippen LogP contribution < -0.4 is 10.6 Å². The lowest BCUT2D eigenvalue weighted by molar-refractivity contribution is 0.601. The lowest BCUT2D eigenvalue weighted by atomic mass is 9.96. The topological polar surface area (TPSA) is 36.4 Å². The predicted octanol–water partition coefficient (Wildman–Crippen LogP) is 2.68. The number of benzene rings is 1. The van der Waals surface area contributed by atoms with Crippen molar-refractivity contribution in [3.63, 3.8) is 0 Å². The molecule has 19 heavy (non-hydrogen) atoms. The molecule has 0 aliphatic heterocycles. The van der Waals surface area contributed by atoms with Crippen molar-refractivity contribution in [2.24, 2.45) is 4.99 Å². The molecule has 1 aromatic rings. The molecule has 104 valence electrons. The molecule has 3 heteroatoms. The molecule has 3 nitrogen and oxygen atoms in total. The van der Waals surface area contributed by atoms with Crippen LogP contribution in [0.5, 0.6) is 0 Å². The highest BCUT2D eigenvalue weighted by atomic mass is 15.2. The average Bonchev–Trinajstić information content (AvgIpc) is 3.25. The summed E-state index contributed by atoms with van der Waals surface area (Å²) < 4.78 is 0. The van der Waals surface area contributed by atoms with Crippen molar-refractivity contribution in [3.8, 4) is 0 Å². The second kappa shape index (κ2) is 6.09. The summed E-state index contributed by atoms with van der Waals surface area (Å²) in [4.78, 5) is 4.29. The molecular formula is C16H25N3. The van der Waals surface area contributed by atoms with Crippen LogP contribution in [0, 0.1) is 0 Å². The average molecular weight is 259 g/mol. The maximum absolute atomic E-state index is 4.29. The van der Waals surface area contributed by atoms with Crippen LogP contribution in [0.1, 0.15) is 38.7 Å². The van der Waals surface area contributed by atoms with Crippen molar-refractivity contribution in [1.82, 2.24) is 10.6 Å². The van der Waals surface area contributed by atoms with Gasteiger partial charge in [0.2, 0.25) is 0 Å². The van der Waals surface area contributed by atoms with Crippen LogP contribution in [-0.4, -0.2) is 25.6 Å². The van der Waals surface area contributed by atoms with Gasteiger partial charge in [-0.1, -0.05) is 37.3 Å². The Kier molecular flexibility index (Phi) is 4.46. The molecule has 0 heterocycles. The first-order valence-electron chi connectivity index (χ1n) is 7.23. The number of nitrogens with zero attached hydrogens (tertiary/aromatic N) is 1. The highest BCUT2D eigenvalue weighted by molar-refractivity contribution is 5.80. The van der Waals surface area contributed by atoms with Gasteiger partial charge < -0.3 is 10.6 Å². The van der Waals surface area contributed by atoms with E-state index in [0.717, 1.165) is 18.9 Å². The minimum Gasteiger partial charge on any atom is -0.356 e. The molecule has 1 unspecified atom stereocenters. The third kappa shape index (κ3) is 3.49. The lowest BCUT2D eigenvalue weighted by Crippen LogP contribution is -2.44. The quantitative estimate of drug-likeness (QED) is 0.630. The minimum atomic E-state index is 0.328. The molecule has 1 aliphatic carbocycles. The number of guanidine groups is 1. The Hall–Kier alpha value is -1.51. The fraction of sp³-hybridized carbons (Fsp3) is 0.562. The molecule has 0 radical (unpaired) electrons. The first-order valence-corrected chi connectivity index (χ1v) is 7.23. The summed E-state index contributed by atoms with van der Waals surface area (Å²) in [5.74, 6) is 0.913. The Morgan fingerprint density at radius 1 is 1.32 bits per heavy atom. The maximum Gasteiger partial charge on any atom is 0.191 e. The van der Waals surface area contributed by atoms with Crippen molar-refractivity contribution >= 4 is 5.96 Å². The second-order valence-corrected chi connectivity index (χ2v) is 5.53. The van der Waals surface area contributed by atoms with E-state index in [-0.39, 0.29) is 0 Å². The summed E-state index contributed by atoms with van der Waals surface area (Å²) in [5, 5.41) is 6.88. The Balaban J connectivity index is 1.91. The van der Waals surface area contributed by atoms with E-state index in [1.54, 1.807) is 0 Å². The van der Waals surface area contributed by atoms with Crippen LogP contribution in [0.15, 0.2) is 35.3 Å². The summed E-state index contributed by atoms with van der Waals surface area (Å²) in [6.45, 7) is 5.32. The molecule has 1 aromatic carbocycles. The Morgan fingerprint density at radius 2 is 2.00 bits per heavy atom. The van der Waals surface area contributed by atoms with Gasteiger partial charge in [0.15, 0.2) is 5.96 Å². The standard InChI is InChI=1S/C16H25N3/c1-4-13(2)19-15(17-3)18-12-16(10-11-16)14-8-6-5-7-9-14/h5-9,13H,4,10-12H2,1-3H3,(H2,17,18,19). The molecule has 1 saturated carbocycles. The van der Waals surface area contributed by atoms with Gasteiger partial charge in [0.25, 0.3) is 0 Å². The first kappa shape index (κ1) is 13.9. The smallest absolute Gasteiger partial charge is 0.191 e. The summed E-state index contributed by atoms with van der Waals surface area (Å²) in [6.07, 6.45) is 3.64. The van der Waals surface area contributed by atoms with E-state index in [0.29, 0.717) is 11.5 Å². The summed E-state index contributed by atoms with van der Waals surface area (Å²) >= 11 is 0. The van der Waals surface area contributed by atoms with Gasteiger partial charge in [-0.2, -0.15) is 0 Å². The van der Waals surface area contributed by atoms with Gasteiger partial charge in [-0.05, 0) is 31.7 Å². The van der Waals surface area contributed by atoms with E-state index in [9.17, 15) is 0 Å². The van der Waals surface area contributed by atoms with Gasteiger partial charge in [0.1, 0.15) is 0 Å². The lowest BCUT2D eigenvalue weighted by Gasteiger charge is -2.21. The maximum atomic E-state index is 4.29. The number of hydrogen-bond donors (Lipinski definition) is 2. The molecule has 0 bridgehead atoms. The summed E-state index contributed by atoms with van der Waals surface area (Å²) in [7, 11) is 1.83. The van der Waals surface area contributed by atoms with E-state index in [2.05, 4.69) is 59.8 Å². The third-order valence-electron chi connectivity index (χ3n) is 4.05. The van der Waals surface area contributed by atoms with E-state index >= 15 is 0 Å². The highest BCUT2D eigenvalue weighted by Gasteiger charge is 2.43. The monoisotopic (exact) mass is 259 g/mol. The van der Waals surface area contributed by atoms with Gasteiger partial charge in [0.05, 0.1) is 0 Å². The molecule has 2 N–H and O–H groups in total. The zero-order valence-corrected chi connectivity index (χ0v) is 12.2. The SMILES string of the molecule is CCC(C)NC(=NC)NCC1(c2ccccc2)CC1. The molecule has 0 amide bonds. The zero-order chi connectivity index (χ0) is 13.7. The van der Waals surface area contributed by atoms with Gasteiger partial charge in [-0.3, -0.25) is 4.99 Å². The fourth-order valence-electron chi connectivity index (χ4n) is 2.29. The van der Waals surface area contributed by atoms with Crippen LogP contribution in [0.4, 0.5) is 0 Å². The number of aliphatic imine (C=N–C) groups is 1. The van der Waals surface area contributed by atoms with E-state index < -0.39 is 0 Å². The molecule has 1 aliphatic rings.